The fraction of sp³-hybridized carbons (Fsp3) is 0.200. The predicted molar refractivity (Wildman–Crippen MR) is 67.2 cm³/mol. The predicted octanol–water partition coefficient (Wildman–Crippen LogP) is 4.80. The molecule has 4 heteroatoms. The highest BCUT2D eigenvalue weighted by Gasteiger charge is 2.13. The van der Waals surface area contributed by atoms with Gasteiger partial charge in [0.15, 0.2) is 0 Å². The fourth-order valence-electron chi connectivity index (χ4n) is 0.844. The summed E-state index contributed by atoms with van der Waals surface area (Å²) in [5, 5.41) is 1.81. The second-order valence-electron chi connectivity index (χ2n) is 2.64. The molecule has 0 amide bonds. The molecular formula is C10H9Cl3S. The van der Waals surface area contributed by atoms with Gasteiger partial charge in [0, 0.05) is 5.75 Å². The molecule has 14 heavy (non-hydrogen) atoms. The molecule has 0 N–H and O–H groups in total. The minimum absolute atomic E-state index is 0.887. The second-order valence-corrected chi connectivity index (χ2v) is 5.90. The van der Waals surface area contributed by atoms with Crippen molar-refractivity contribution in [2.24, 2.45) is 0 Å². The molecular weight excluding hydrogens is 259 g/mol. The van der Waals surface area contributed by atoms with E-state index in [9.17, 15) is 0 Å². The smallest absolute Gasteiger partial charge is 0.130 e. The quantitative estimate of drug-likeness (QED) is 0.709. The summed E-state index contributed by atoms with van der Waals surface area (Å²) in [5.41, 5.74) is 1.26. The lowest BCUT2D eigenvalue weighted by molar-refractivity contribution is 1.42. The monoisotopic (exact) mass is 266 g/mol. The Hall–Kier alpha value is 0.180. The van der Waals surface area contributed by atoms with Crippen molar-refractivity contribution >= 4 is 46.6 Å². The molecule has 0 saturated heterocycles. The van der Waals surface area contributed by atoms with Crippen LogP contribution in [0.4, 0.5) is 0 Å². The van der Waals surface area contributed by atoms with Gasteiger partial charge in [0.2, 0.25) is 3.79 Å². The molecule has 0 spiro atoms. The van der Waals surface area contributed by atoms with E-state index in [2.05, 4.69) is 12.1 Å². The van der Waals surface area contributed by atoms with E-state index in [4.69, 9.17) is 34.8 Å². The fourth-order valence-corrected chi connectivity index (χ4v) is 2.04. The van der Waals surface area contributed by atoms with Crippen molar-refractivity contribution in [2.45, 2.75) is 9.55 Å². The molecule has 0 aliphatic heterocycles. The van der Waals surface area contributed by atoms with Crippen molar-refractivity contribution in [2.75, 3.05) is 0 Å². The van der Waals surface area contributed by atoms with Gasteiger partial charge in [-0.25, -0.2) is 0 Å². The Balaban J connectivity index is 2.33. The molecule has 1 aromatic rings. The van der Waals surface area contributed by atoms with Gasteiger partial charge in [-0.2, -0.15) is 0 Å². The van der Waals surface area contributed by atoms with Crippen LogP contribution in [0.3, 0.4) is 0 Å². The van der Waals surface area contributed by atoms with Crippen molar-refractivity contribution < 1.29 is 0 Å². The molecule has 0 bridgehead atoms. The average molecular weight is 268 g/mol. The van der Waals surface area contributed by atoms with Crippen LogP contribution in [0.5, 0.6) is 0 Å². The van der Waals surface area contributed by atoms with Gasteiger partial charge in [-0.15, -0.1) is 11.8 Å². The summed E-state index contributed by atoms with van der Waals surface area (Å²) in [7, 11) is 0. The first-order valence-electron chi connectivity index (χ1n) is 3.98. The second kappa shape index (κ2) is 5.92. The Kier molecular flexibility index (Phi) is 5.18. The molecule has 0 heterocycles. The minimum Gasteiger partial charge on any atom is -0.130 e. The number of hydrogen-bond donors (Lipinski definition) is 0. The van der Waals surface area contributed by atoms with Crippen molar-refractivity contribution in [3.05, 3.63) is 47.4 Å². The number of thioether (sulfide) groups is 1. The first-order valence-corrected chi connectivity index (χ1v) is 6.16. The van der Waals surface area contributed by atoms with Crippen molar-refractivity contribution in [3.8, 4) is 0 Å². The van der Waals surface area contributed by atoms with E-state index >= 15 is 0 Å². The van der Waals surface area contributed by atoms with E-state index in [0.29, 0.717) is 0 Å². The van der Waals surface area contributed by atoms with Crippen LogP contribution in [0, 0.1) is 0 Å². The molecule has 1 aromatic carbocycles. The van der Waals surface area contributed by atoms with Gasteiger partial charge in [0.1, 0.15) is 0 Å². The van der Waals surface area contributed by atoms with Crippen molar-refractivity contribution in [1.29, 1.82) is 0 Å². The standard InChI is InChI=1S/C10H9Cl3S/c11-10(12,13)6-7-14-8-9-4-2-1-3-5-9/h1-7H,8H2. The normalized spacial score (nSPS) is 12.2. The first-order chi connectivity index (χ1) is 6.58. The van der Waals surface area contributed by atoms with Crippen LogP contribution in [-0.4, -0.2) is 3.79 Å². The zero-order valence-corrected chi connectivity index (χ0v) is 10.4. The van der Waals surface area contributed by atoms with Gasteiger partial charge in [0.05, 0.1) is 0 Å². The number of hydrogen-bond acceptors (Lipinski definition) is 1. The average Bonchev–Trinajstić information content (AvgIpc) is 2.13. The number of benzene rings is 1. The summed E-state index contributed by atoms with van der Waals surface area (Å²) >= 11 is 18.2. The van der Waals surface area contributed by atoms with E-state index in [-0.39, 0.29) is 0 Å². The number of alkyl halides is 3. The molecule has 0 aliphatic rings. The van der Waals surface area contributed by atoms with Crippen LogP contribution in [-0.2, 0) is 5.75 Å². The lowest BCUT2D eigenvalue weighted by Gasteiger charge is -2.02. The molecule has 0 aromatic heterocycles. The van der Waals surface area contributed by atoms with E-state index in [1.54, 1.807) is 23.2 Å². The Bertz CT molecular complexity index is 290. The van der Waals surface area contributed by atoms with Gasteiger partial charge in [-0.05, 0) is 17.0 Å². The number of rotatable bonds is 3. The Morgan fingerprint density at radius 1 is 1.14 bits per heavy atom. The molecule has 0 unspecified atom stereocenters. The van der Waals surface area contributed by atoms with Crippen LogP contribution in [0.2, 0.25) is 0 Å². The van der Waals surface area contributed by atoms with Gasteiger partial charge in [0.25, 0.3) is 0 Å². The van der Waals surface area contributed by atoms with Crippen LogP contribution < -0.4 is 0 Å². The third kappa shape index (κ3) is 5.82. The Morgan fingerprint density at radius 3 is 2.36 bits per heavy atom. The molecule has 76 valence electrons. The lowest BCUT2D eigenvalue weighted by atomic mass is 10.2. The summed E-state index contributed by atoms with van der Waals surface area (Å²) in [5.74, 6) is 0.887. The van der Waals surface area contributed by atoms with Crippen LogP contribution in [0.1, 0.15) is 5.56 Å². The maximum Gasteiger partial charge on any atom is 0.210 e. The molecule has 0 aliphatic carbocycles. The SMILES string of the molecule is ClC(Cl)(Cl)C=CSCc1ccccc1. The Morgan fingerprint density at radius 2 is 1.79 bits per heavy atom. The topological polar surface area (TPSA) is 0 Å². The summed E-state index contributed by atoms with van der Waals surface area (Å²) < 4.78 is -1.29. The van der Waals surface area contributed by atoms with E-state index in [1.165, 1.54) is 5.56 Å². The van der Waals surface area contributed by atoms with E-state index in [1.807, 2.05) is 18.2 Å². The van der Waals surface area contributed by atoms with E-state index < -0.39 is 3.79 Å². The zero-order valence-electron chi connectivity index (χ0n) is 7.29. The van der Waals surface area contributed by atoms with Gasteiger partial charge in [-0.1, -0.05) is 65.1 Å². The summed E-state index contributed by atoms with van der Waals surface area (Å²) in [6.07, 6.45) is 1.55. The summed E-state index contributed by atoms with van der Waals surface area (Å²) in [4.78, 5) is 0. The first kappa shape index (κ1) is 12.3. The maximum absolute atomic E-state index is 5.55. The number of allylic oxidation sites excluding steroid dienone is 1. The lowest BCUT2D eigenvalue weighted by Crippen LogP contribution is -1.93. The van der Waals surface area contributed by atoms with Gasteiger partial charge >= 0.3 is 0 Å². The van der Waals surface area contributed by atoms with Crippen LogP contribution >= 0.6 is 46.6 Å². The zero-order chi connectivity index (χ0) is 10.4. The summed E-state index contributed by atoms with van der Waals surface area (Å²) in [6.45, 7) is 0. The van der Waals surface area contributed by atoms with Crippen molar-refractivity contribution in [3.63, 3.8) is 0 Å². The largest absolute Gasteiger partial charge is 0.210 e. The third-order valence-corrected chi connectivity index (χ3v) is 2.65. The Labute approximate surface area is 103 Å². The molecule has 0 nitrogen and oxygen atoms in total. The highest BCUT2D eigenvalue weighted by atomic mass is 35.6. The molecule has 0 atom stereocenters. The number of halogens is 3. The molecule has 0 fully saturated rings. The highest BCUT2D eigenvalue weighted by molar-refractivity contribution is 8.01. The minimum atomic E-state index is -1.29. The van der Waals surface area contributed by atoms with Gasteiger partial charge in [-0.3, -0.25) is 0 Å². The summed E-state index contributed by atoms with van der Waals surface area (Å²) in [6, 6.07) is 10.1. The molecule has 0 radical (unpaired) electrons. The maximum atomic E-state index is 5.55. The van der Waals surface area contributed by atoms with Crippen LogP contribution in [0.15, 0.2) is 41.8 Å². The molecule has 0 saturated carbocycles. The third-order valence-electron chi connectivity index (χ3n) is 1.45. The van der Waals surface area contributed by atoms with Crippen LogP contribution in [0.25, 0.3) is 0 Å². The van der Waals surface area contributed by atoms with Gasteiger partial charge < -0.3 is 0 Å². The van der Waals surface area contributed by atoms with E-state index in [0.717, 1.165) is 5.75 Å². The highest BCUT2D eigenvalue weighted by Crippen LogP contribution is 2.28. The molecule has 1 rings (SSSR count). The van der Waals surface area contributed by atoms with Crippen molar-refractivity contribution in [1.82, 2.24) is 0 Å².